The fraction of sp³-hybridized carbons (Fsp3) is 0.545. The van der Waals surface area contributed by atoms with Gasteiger partial charge in [0.1, 0.15) is 0 Å². The summed E-state index contributed by atoms with van der Waals surface area (Å²) in [6.45, 7) is 6.23. The zero-order chi connectivity index (χ0) is 12.6. The summed E-state index contributed by atoms with van der Waals surface area (Å²) in [4.78, 5) is 11.4. The number of hydrogen-bond donors (Lipinski definition) is 1. The second-order valence-corrected chi connectivity index (χ2v) is 5.69. The highest BCUT2D eigenvalue weighted by Gasteiger charge is 2.23. The molecular formula is C11H15ClN4O. The third-order valence-electron chi connectivity index (χ3n) is 2.66. The monoisotopic (exact) mass is 254 g/mol. The molecule has 17 heavy (non-hydrogen) atoms. The van der Waals surface area contributed by atoms with Crippen molar-refractivity contribution in [3.05, 3.63) is 28.3 Å². The van der Waals surface area contributed by atoms with Crippen molar-refractivity contribution >= 4 is 17.2 Å². The van der Waals surface area contributed by atoms with Crippen LogP contribution in [0.4, 0.5) is 0 Å². The molecule has 2 rings (SSSR count). The van der Waals surface area contributed by atoms with Gasteiger partial charge in [-0.2, -0.15) is 14.7 Å². The van der Waals surface area contributed by atoms with E-state index in [2.05, 4.69) is 36.1 Å². The lowest BCUT2D eigenvalue weighted by Crippen LogP contribution is -2.24. The molecule has 2 aromatic rings. The summed E-state index contributed by atoms with van der Waals surface area (Å²) >= 11 is 6.31. The first-order chi connectivity index (χ1) is 7.88. The van der Waals surface area contributed by atoms with Crippen LogP contribution >= 0.6 is 11.6 Å². The lowest BCUT2D eigenvalue weighted by Gasteiger charge is -2.24. The van der Waals surface area contributed by atoms with E-state index in [-0.39, 0.29) is 16.5 Å². The van der Waals surface area contributed by atoms with Crippen molar-refractivity contribution < 1.29 is 0 Å². The summed E-state index contributed by atoms with van der Waals surface area (Å²) in [6, 6.07) is 3.60. The average Bonchev–Trinajstić information content (AvgIpc) is 2.59. The van der Waals surface area contributed by atoms with Gasteiger partial charge in [0.25, 0.3) is 0 Å². The lowest BCUT2D eigenvalue weighted by molar-refractivity contribution is 0.384. The Bertz CT molecular complexity index is 581. The van der Waals surface area contributed by atoms with Gasteiger partial charge in [-0.1, -0.05) is 20.8 Å². The number of aromatic amines is 1. The van der Waals surface area contributed by atoms with Crippen molar-refractivity contribution in [1.82, 2.24) is 19.8 Å². The van der Waals surface area contributed by atoms with Gasteiger partial charge in [0.2, 0.25) is 0 Å². The van der Waals surface area contributed by atoms with Crippen LogP contribution in [0, 0.1) is 5.41 Å². The van der Waals surface area contributed by atoms with E-state index in [1.165, 1.54) is 4.52 Å². The highest BCUT2D eigenvalue weighted by Crippen LogP contribution is 2.26. The van der Waals surface area contributed by atoms with Crippen LogP contribution in [0.2, 0.25) is 0 Å². The average molecular weight is 255 g/mol. The number of rotatable bonds is 2. The second-order valence-electron chi connectivity index (χ2n) is 5.16. The van der Waals surface area contributed by atoms with Crippen molar-refractivity contribution in [2.75, 3.05) is 0 Å². The Hall–Kier alpha value is -1.36. The van der Waals surface area contributed by atoms with E-state index in [1.807, 2.05) is 6.07 Å². The van der Waals surface area contributed by atoms with Crippen molar-refractivity contribution in [2.45, 2.75) is 32.6 Å². The Balaban J connectivity index is 2.31. The van der Waals surface area contributed by atoms with E-state index < -0.39 is 0 Å². The van der Waals surface area contributed by atoms with Crippen molar-refractivity contribution in [3.63, 3.8) is 0 Å². The number of H-pyrrole nitrogens is 1. The van der Waals surface area contributed by atoms with Crippen LogP contribution in [-0.2, 0) is 6.42 Å². The van der Waals surface area contributed by atoms with Crippen LogP contribution < -0.4 is 5.69 Å². The van der Waals surface area contributed by atoms with Gasteiger partial charge < -0.3 is 0 Å². The quantitative estimate of drug-likeness (QED) is 0.829. The van der Waals surface area contributed by atoms with Gasteiger partial charge in [-0.3, -0.25) is 0 Å². The molecule has 1 N–H and O–H groups in total. The minimum absolute atomic E-state index is 0.000446. The Morgan fingerprint density at radius 1 is 1.47 bits per heavy atom. The second kappa shape index (κ2) is 4.14. The van der Waals surface area contributed by atoms with Crippen molar-refractivity contribution in [2.24, 2.45) is 5.41 Å². The Labute approximate surface area is 104 Å². The first-order valence-electron chi connectivity index (χ1n) is 5.45. The molecule has 0 spiro atoms. The van der Waals surface area contributed by atoms with E-state index >= 15 is 0 Å². The van der Waals surface area contributed by atoms with Crippen LogP contribution in [-0.4, -0.2) is 25.2 Å². The van der Waals surface area contributed by atoms with Gasteiger partial charge in [-0.15, -0.1) is 11.6 Å². The summed E-state index contributed by atoms with van der Waals surface area (Å²) in [5.41, 5.74) is 0.972. The van der Waals surface area contributed by atoms with E-state index in [9.17, 15) is 4.79 Å². The fourth-order valence-electron chi connectivity index (χ4n) is 1.44. The fourth-order valence-corrected chi connectivity index (χ4v) is 1.60. The smallest absolute Gasteiger partial charge is 0.244 e. The number of nitrogens with zero attached hydrogens (tertiary/aromatic N) is 3. The third kappa shape index (κ3) is 2.49. The third-order valence-corrected chi connectivity index (χ3v) is 3.47. The molecule has 0 aliphatic rings. The van der Waals surface area contributed by atoms with Crippen LogP contribution in [0.15, 0.2) is 16.9 Å². The summed E-state index contributed by atoms with van der Waals surface area (Å²) in [7, 11) is 0. The molecule has 6 heteroatoms. The van der Waals surface area contributed by atoms with Gasteiger partial charge in [-0.05, 0) is 17.5 Å². The number of alkyl halides is 1. The van der Waals surface area contributed by atoms with E-state index in [0.29, 0.717) is 12.1 Å². The maximum absolute atomic E-state index is 11.4. The number of fused-ring (bicyclic) bond motifs is 1. The summed E-state index contributed by atoms with van der Waals surface area (Å²) < 4.78 is 1.25. The molecular weight excluding hydrogens is 240 g/mol. The molecule has 0 aliphatic carbocycles. The summed E-state index contributed by atoms with van der Waals surface area (Å²) in [5, 5.41) is 10.3. The molecule has 0 fully saturated rings. The molecule has 2 heterocycles. The molecule has 1 atom stereocenters. The first-order valence-corrected chi connectivity index (χ1v) is 5.89. The molecule has 0 saturated heterocycles. The van der Waals surface area contributed by atoms with Gasteiger partial charge in [0.15, 0.2) is 5.65 Å². The van der Waals surface area contributed by atoms with Gasteiger partial charge in [0, 0.05) is 11.8 Å². The van der Waals surface area contributed by atoms with Gasteiger partial charge in [-0.25, -0.2) is 9.89 Å². The SMILES string of the molecule is CC(C)(C)C(Cl)Cc1ccc2n[nH]c(=O)n2n1. The minimum atomic E-state index is -0.330. The highest BCUT2D eigenvalue weighted by molar-refractivity contribution is 6.21. The van der Waals surface area contributed by atoms with Gasteiger partial charge in [0.05, 0.1) is 5.69 Å². The zero-order valence-corrected chi connectivity index (χ0v) is 10.8. The van der Waals surface area contributed by atoms with Gasteiger partial charge >= 0.3 is 5.69 Å². The number of hydrogen-bond acceptors (Lipinski definition) is 3. The Morgan fingerprint density at radius 3 is 2.82 bits per heavy atom. The zero-order valence-electron chi connectivity index (χ0n) is 10.1. The van der Waals surface area contributed by atoms with Crippen molar-refractivity contribution in [1.29, 1.82) is 0 Å². The molecule has 0 aromatic carbocycles. The molecule has 0 aliphatic heterocycles. The lowest BCUT2D eigenvalue weighted by atomic mass is 9.89. The molecule has 2 aromatic heterocycles. The first kappa shape index (κ1) is 12.1. The standard InChI is InChI=1S/C11H15ClN4O/c1-11(2,3)8(12)6-7-4-5-9-13-14-10(17)16(9)15-7/h4-5,8H,6H2,1-3H3,(H,14,17). The van der Waals surface area contributed by atoms with E-state index in [4.69, 9.17) is 11.6 Å². The Morgan fingerprint density at radius 2 is 2.18 bits per heavy atom. The highest BCUT2D eigenvalue weighted by atomic mass is 35.5. The normalized spacial score (nSPS) is 14.1. The largest absolute Gasteiger partial charge is 0.364 e. The molecule has 0 bridgehead atoms. The predicted octanol–water partition coefficient (Wildman–Crippen LogP) is 1.61. The molecule has 0 amide bonds. The minimum Gasteiger partial charge on any atom is -0.244 e. The number of halogens is 1. The number of aromatic nitrogens is 4. The molecule has 92 valence electrons. The molecule has 0 radical (unpaired) electrons. The maximum Gasteiger partial charge on any atom is 0.364 e. The topological polar surface area (TPSA) is 63.0 Å². The van der Waals surface area contributed by atoms with Crippen LogP contribution in [0.25, 0.3) is 5.65 Å². The Kier molecular flexibility index (Phi) is 2.95. The van der Waals surface area contributed by atoms with Crippen LogP contribution in [0.3, 0.4) is 0 Å². The predicted molar refractivity (Wildman–Crippen MR) is 66.4 cm³/mol. The number of nitrogens with one attached hydrogen (secondary N) is 1. The van der Waals surface area contributed by atoms with Crippen LogP contribution in [0.1, 0.15) is 26.5 Å². The van der Waals surface area contributed by atoms with E-state index in [1.54, 1.807) is 6.07 Å². The van der Waals surface area contributed by atoms with Crippen LogP contribution in [0.5, 0.6) is 0 Å². The molecule has 5 nitrogen and oxygen atoms in total. The molecule has 0 saturated carbocycles. The summed E-state index contributed by atoms with van der Waals surface area (Å²) in [5.74, 6) is 0. The summed E-state index contributed by atoms with van der Waals surface area (Å²) in [6.07, 6.45) is 0.624. The maximum atomic E-state index is 11.4. The van der Waals surface area contributed by atoms with E-state index in [0.717, 1.165) is 5.69 Å². The van der Waals surface area contributed by atoms with Crippen molar-refractivity contribution in [3.8, 4) is 0 Å². The molecule has 1 unspecified atom stereocenters.